The highest BCUT2D eigenvalue weighted by Crippen LogP contribution is 2.32. The van der Waals surface area contributed by atoms with Gasteiger partial charge in [-0.2, -0.15) is 0 Å². The number of anilines is 1. The molecule has 0 spiro atoms. The molecule has 0 saturated carbocycles. The Hall–Kier alpha value is -2.49. The number of rotatable bonds is 9. The molecule has 0 saturated heterocycles. The molecule has 0 bridgehead atoms. The van der Waals surface area contributed by atoms with Gasteiger partial charge < -0.3 is 4.90 Å². The van der Waals surface area contributed by atoms with Crippen LogP contribution in [0.1, 0.15) is 12.0 Å². The molecular formula is C21H24N4O3S2. The van der Waals surface area contributed by atoms with Crippen LogP contribution in [0.15, 0.2) is 47.4 Å². The van der Waals surface area contributed by atoms with Gasteiger partial charge in [0, 0.05) is 23.6 Å². The second-order valence-corrected chi connectivity index (χ2v) is 9.27. The van der Waals surface area contributed by atoms with E-state index in [2.05, 4.69) is 9.88 Å². The van der Waals surface area contributed by atoms with Crippen LogP contribution in [0.5, 0.6) is 0 Å². The van der Waals surface area contributed by atoms with E-state index in [0.29, 0.717) is 27.6 Å². The zero-order valence-corrected chi connectivity index (χ0v) is 18.8. The number of nitro benzene ring substituents is 1. The van der Waals surface area contributed by atoms with Crippen molar-refractivity contribution in [3.63, 3.8) is 0 Å². The first-order valence-electron chi connectivity index (χ1n) is 9.53. The Labute approximate surface area is 183 Å². The first kappa shape index (κ1) is 22.2. The minimum absolute atomic E-state index is 0.0205. The first-order chi connectivity index (χ1) is 14.3. The van der Waals surface area contributed by atoms with Gasteiger partial charge in [0.1, 0.15) is 0 Å². The lowest BCUT2D eigenvalue weighted by molar-refractivity contribution is -0.384. The third kappa shape index (κ3) is 5.78. The van der Waals surface area contributed by atoms with Gasteiger partial charge in [-0.15, -0.1) is 11.8 Å². The van der Waals surface area contributed by atoms with E-state index < -0.39 is 4.92 Å². The molecule has 0 aliphatic heterocycles. The molecule has 7 nitrogen and oxygen atoms in total. The van der Waals surface area contributed by atoms with Crippen LogP contribution in [0.2, 0.25) is 0 Å². The third-order valence-corrected chi connectivity index (χ3v) is 6.51. The second-order valence-electron chi connectivity index (χ2n) is 7.21. The van der Waals surface area contributed by atoms with Gasteiger partial charge in [0.2, 0.25) is 5.91 Å². The molecule has 0 aliphatic carbocycles. The van der Waals surface area contributed by atoms with Crippen molar-refractivity contribution in [2.75, 3.05) is 37.8 Å². The molecule has 1 heterocycles. The van der Waals surface area contributed by atoms with E-state index in [1.165, 1.54) is 40.8 Å². The van der Waals surface area contributed by atoms with Gasteiger partial charge in [-0.3, -0.25) is 19.8 Å². The van der Waals surface area contributed by atoms with Crippen LogP contribution in [0, 0.1) is 17.0 Å². The van der Waals surface area contributed by atoms with E-state index in [-0.39, 0.29) is 11.6 Å². The van der Waals surface area contributed by atoms with Crippen molar-refractivity contribution in [3.05, 3.63) is 58.1 Å². The van der Waals surface area contributed by atoms with E-state index in [4.69, 9.17) is 0 Å². The van der Waals surface area contributed by atoms with Crippen LogP contribution < -0.4 is 4.90 Å². The number of hydrogen-bond acceptors (Lipinski definition) is 7. The number of non-ortho nitro benzene ring substituents is 1. The Bertz CT molecular complexity index is 1030. The number of benzene rings is 2. The molecule has 30 heavy (non-hydrogen) atoms. The van der Waals surface area contributed by atoms with Crippen molar-refractivity contribution in [3.8, 4) is 0 Å². The molecule has 9 heteroatoms. The molecular weight excluding hydrogens is 420 g/mol. The molecule has 0 unspecified atom stereocenters. The van der Waals surface area contributed by atoms with Crippen molar-refractivity contribution in [1.29, 1.82) is 0 Å². The van der Waals surface area contributed by atoms with Crippen molar-refractivity contribution in [2.45, 2.75) is 18.2 Å². The summed E-state index contributed by atoms with van der Waals surface area (Å²) in [4.78, 5) is 33.1. The quantitative estimate of drug-likeness (QED) is 0.273. The topological polar surface area (TPSA) is 79.6 Å². The Morgan fingerprint density at radius 2 is 1.90 bits per heavy atom. The molecule has 3 aromatic rings. The average Bonchev–Trinajstić information content (AvgIpc) is 3.13. The summed E-state index contributed by atoms with van der Waals surface area (Å²) in [5, 5.41) is 11.6. The van der Waals surface area contributed by atoms with Crippen LogP contribution in [0.25, 0.3) is 10.2 Å². The number of nitro groups is 1. The summed E-state index contributed by atoms with van der Waals surface area (Å²) in [7, 11) is 3.99. The van der Waals surface area contributed by atoms with Crippen molar-refractivity contribution < 1.29 is 9.72 Å². The maximum absolute atomic E-state index is 13.1. The molecule has 0 fully saturated rings. The Morgan fingerprint density at radius 3 is 2.57 bits per heavy atom. The van der Waals surface area contributed by atoms with E-state index in [9.17, 15) is 14.9 Å². The monoisotopic (exact) mass is 444 g/mol. The Kier molecular flexibility index (Phi) is 7.41. The minimum atomic E-state index is -0.420. The molecule has 0 N–H and O–H groups in total. The maximum atomic E-state index is 13.1. The highest BCUT2D eigenvalue weighted by Gasteiger charge is 2.21. The molecule has 0 aliphatic rings. The van der Waals surface area contributed by atoms with Gasteiger partial charge in [0.25, 0.3) is 5.69 Å². The predicted molar refractivity (Wildman–Crippen MR) is 124 cm³/mol. The number of carbonyl (C=O) groups excluding carboxylic acids is 1. The SMILES string of the molecule is Cc1ccc(SCC(=O)N(CCCN(C)C)c2nc3ccc([N+](=O)[O-])cc3s2)cc1. The molecule has 158 valence electrons. The van der Waals surface area contributed by atoms with Gasteiger partial charge in [-0.05, 0) is 52.2 Å². The molecule has 3 rings (SSSR count). The number of aromatic nitrogens is 1. The Balaban J connectivity index is 1.80. The standard InChI is InChI=1S/C21H24N4O3S2/c1-15-5-8-17(9-6-15)29-14-20(26)24(12-4-11-23(2)3)21-22-18-10-7-16(25(27)28)13-19(18)30-21/h5-10,13H,4,11-12,14H2,1-3H3. The second kappa shape index (κ2) is 10.0. The highest BCUT2D eigenvalue weighted by molar-refractivity contribution is 8.00. The minimum Gasteiger partial charge on any atom is -0.309 e. The summed E-state index contributed by atoms with van der Waals surface area (Å²) in [6, 6.07) is 12.7. The van der Waals surface area contributed by atoms with Crippen LogP contribution in [0.4, 0.5) is 10.8 Å². The van der Waals surface area contributed by atoms with E-state index >= 15 is 0 Å². The van der Waals surface area contributed by atoms with Crippen LogP contribution in [0.3, 0.4) is 0 Å². The number of thiazole rings is 1. The van der Waals surface area contributed by atoms with E-state index in [1.807, 2.05) is 45.3 Å². The Morgan fingerprint density at radius 1 is 1.17 bits per heavy atom. The van der Waals surface area contributed by atoms with Gasteiger partial charge in [0.05, 0.1) is 20.9 Å². The summed E-state index contributed by atoms with van der Waals surface area (Å²) in [6.45, 7) is 3.43. The predicted octanol–water partition coefficient (Wildman–Crippen LogP) is 4.59. The fourth-order valence-electron chi connectivity index (χ4n) is 2.86. The van der Waals surface area contributed by atoms with E-state index in [0.717, 1.165) is 17.9 Å². The summed E-state index contributed by atoms with van der Waals surface area (Å²) >= 11 is 2.81. The lowest BCUT2D eigenvalue weighted by atomic mass is 10.2. The zero-order chi connectivity index (χ0) is 21.7. The number of aryl methyl sites for hydroxylation is 1. The number of nitrogens with zero attached hydrogens (tertiary/aromatic N) is 4. The first-order valence-corrected chi connectivity index (χ1v) is 11.3. The van der Waals surface area contributed by atoms with Gasteiger partial charge in [0.15, 0.2) is 5.13 Å². The van der Waals surface area contributed by atoms with Gasteiger partial charge in [-0.1, -0.05) is 29.0 Å². The van der Waals surface area contributed by atoms with Gasteiger partial charge in [-0.25, -0.2) is 4.98 Å². The largest absolute Gasteiger partial charge is 0.309 e. The number of carbonyl (C=O) groups is 1. The van der Waals surface area contributed by atoms with Crippen LogP contribution in [-0.2, 0) is 4.79 Å². The van der Waals surface area contributed by atoms with Crippen molar-refractivity contribution in [1.82, 2.24) is 9.88 Å². The van der Waals surface area contributed by atoms with Crippen LogP contribution >= 0.6 is 23.1 Å². The maximum Gasteiger partial charge on any atom is 0.270 e. The third-order valence-electron chi connectivity index (χ3n) is 4.47. The summed E-state index contributed by atoms with van der Waals surface area (Å²) in [5.41, 5.74) is 1.87. The normalized spacial score (nSPS) is 11.2. The molecule has 2 aromatic carbocycles. The van der Waals surface area contributed by atoms with Crippen LogP contribution in [-0.4, -0.2) is 53.7 Å². The average molecular weight is 445 g/mol. The zero-order valence-electron chi connectivity index (χ0n) is 17.2. The number of amides is 1. The number of thioether (sulfide) groups is 1. The molecule has 0 atom stereocenters. The van der Waals surface area contributed by atoms with E-state index in [1.54, 1.807) is 11.0 Å². The van der Waals surface area contributed by atoms with Gasteiger partial charge >= 0.3 is 0 Å². The summed E-state index contributed by atoms with van der Waals surface area (Å²) in [5.74, 6) is 0.286. The van der Waals surface area contributed by atoms with Crippen molar-refractivity contribution >= 4 is 50.0 Å². The number of hydrogen-bond donors (Lipinski definition) is 0. The molecule has 1 amide bonds. The highest BCUT2D eigenvalue weighted by atomic mass is 32.2. The molecule has 1 aromatic heterocycles. The fraction of sp³-hybridized carbons (Fsp3) is 0.333. The lowest BCUT2D eigenvalue weighted by Gasteiger charge is -2.21. The van der Waals surface area contributed by atoms with Crippen molar-refractivity contribution in [2.24, 2.45) is 0 Å². The summed E-state index contributed by atoms with van der Waals surface area (Å²) in [6.07, 6.45) is 0.810. The smallest absolute Gasteiger partial charge is 0.270 e. The summed E-state index contributed by atoms with van der Waals surface area (Å²) < 4.78 is 0.704. The fourth-order valence-corrected chi connectivity index (χ4v) is 4.68. The molecule has 0 radical (unpaired) electrons. The number of fused-ring (bicyclic) bond motifs is 1. The lowest BCUT2D eigenvalue weighted by Crippen LogP contribution is -2.34.